The molecule has 0 aromatic heterocycles. The summed E-state index contributed by atoms with van der Waals surface area (Å²) < 4.78 is 5.22. The Morgan fingerprint density at radius 3 is 2.81 bits per heavy atom. The first kappa shape index (κ1) is 16.8. The molecule has 4 N–H and O–H groups in total. The third kappa shape index (κ3) is 4.64. The lowest BCUT2D eigenvalue weighted by Crippen LogP contribution is -2.35. The number of nitrogens with two attached hydrogens (primary N) is 1. The van der Waals surface area contributed by atoms with Crippen molar-refractivity contribution in [3.63, 3.8) is 0 Å². The van der Waals surface area contributed by atoms with Gasteiger partial charge in [-0.3, -0.25) is 4.79 Å². The quantitative estimate of drug-likeness (QED) is 0.292. The van der Waals surface area contributed by atoms with Crippen molar-refractivity contribution in [2.24, 2.45) is 10.9 Å². The Morgan fingerprint density at radius 2 is 2.24 bits per heavy atom. The van der Waals surface area contributed by atoms with E-state index in [1.807, 2.05) is 13.0 Å². The summed E-state index contributed by atoms with van der Waals surface area (Å²) in [6.45, 7) is 3.40. The predicted octanol–water partition coefficient (Wildman–Crippen LogP) is 0.358. The largest absolute Gasteiger partial charge is 0.496 e. The summed E-state index contributed by atoms with van der Waals surface area (Å²) >= 11 is 0. The molecule has 1 aromatic rings. The molecule has 0 saturated heterocycles. The molecule has 21 heavy (non-hydrogen) atoms. The van der Waals surface area contributed by atoms with Crippen molar-refractivity contribution < 1.29 is 14.7 Å². The minimum Gasteiger partial charge on any atom is -0.496 e. The van der Waals surface area contributed by atoms with E-state index >= 15 is 0 Å². The molecule has 7 nitrogen and oxygen atoms in total. The maximum absolute atomic E-state index is 11.6. The summed E-state index contributed by atoms with van der Waals surface area (Å²) in [5.41, 5.74) is 7.02. The van der Waals surface area contributed by atoms with Gasteiger partial charge in [-0.05, 0) is 24.6 Å². The minimum absolute atomic E-state index is 0.00823. The van der Waals surface area contributed by atoms with Gasteiger partial charge in [0.1, 0.15) is 5.75 Å². The van der Waals surface area contributed by atoms with Crippen LogP contribution in [0.3, 0.4) is 0 Å². The highest BCUT2D eigenvalue weighted by molar-refractivity contribution is 5.99. The fourth-order valence-corrected chi connectivity index (χ4v) is 1.74. The van der Waals surface area contributed by atoms with E-state index in [0.29, 0.717) is 24.4 Å². The Kier molecular flexibility index (Phi) is 6.48. The molecular weight excluding hydrogens is 272 g/mol. The summed E-state index contributed by atoms with van der Waals surface area (Å²) in [5, 5.41) is 14.7. The first-order valence-corrected chi connectivity index (χ1v) is 6.63. The van der Waals surface area contributed by atoms with Crippen LogP contribution in [0, 0.1) is 0 Å². The molecule has 0 heterocycles. The van der Waals surface area contributed by atoms with E-state index in [1.54, 1.807) is 24.1 Å². The second-order valence-electron chi connectivity index (χ2n) is 4.53. The van der Waals surface area contributed by atoms with Crippen LogP contribution < -0.4 is 15.8 Å². The summed E-state index contributed by atoms with van der Waals surface area (Å²) in [6, 6.07) is 5.33. The Bertz CT molecular complexity index is 517. The second-order valence-corrected chi connectivity index (χ2v) is 4.53. The minimum atomic E-state index is -0.00823. The molecule has 116 valence electrons. The van der Waals surface area contributed by atoms with Gasteiger partial charge in [0.25, 0.3) is 0 Å². The van der Waals surface area contributed by atoms with E-state index in [9.17, 15) is 4.79 Å². The Labute approximate surface area is 124 Å². The molecule has 1 amide bonds. The van der Waals surface area contributed by atoms with Crippen LogP contribution in [-0.2, 0) is 11.3 Å². The average Bonchev–Trinajstić information content (AvgIpc) is 2.52. The highest BCUT2D eigenvalue weighted by Gasteiger charge is 2.09. The van der Waals surface area contributed by atoms with Gasteiger partial charge in [-0.2, -0.15) is 0 Å². The zero-order chi connectivity index (χ0) is 15.8. The summed E-state index contributed by atoms with van der Waals surface area (Å²) in [6.07, 6.45) is 0. The number of carbonyl (C=O) groups excluding carboxylic acids is 1. The number of hydrogen-bond donors (Lipinski definition) is 3. The predicted molar refractivity (Wildman–Crippen MR) is 80.5 cm³/mol. The van der Waals surface area contributed by atoms with Gasteiger partial charge in [-0.15, -0.1) is 0 Å². The van der Waals surface area contributed by atoms with Gasteiger partial charge in [0.15, 0.2) is 5.84 Å². The molecule has 0 fully saturated rings. The van der Waals surface area contributed by atoms with Crippen molar-refractivity contribution >= 4 is 11.7 Å². The lowest BCUT2D eigenvalue weighted by molar-refractivity contribution is -0.128. The summed E-state index contributed by atoms with van der Waals surface area (Å²) in [4.78, 5) is 13.3. The zero-order valence-electron chi connectivity index (χ0n) is 12.6. The van der Waals surface area contributed by atoms with Crippen LogP contribution in [0.4, 0.5) is 0 Å². The highest BCUT2D eigenvalue weighted by atomic mass is 16.5. The van der Waals surface area contributed by atoms with E-state index in [1.165, 1.54) is 7.11 Å². The first-order chi connectivity index (χ1) is 10.0. The Morgan fingerprint density at radius 1 is 1.52 bits per heavy atom. The van der Waals surface area contributed by atoms with Gasteiger partial charge in [0, 0.05) is 20.1 Å². The number of methoxy groups -OCH3 is 1. The fourth-order valence-electron chi connectivity index (χ4n) is 1.74. The third-order valence-corrected chi connectivity index (χ3v) is 3.16. The number of amides is 1. The molecule has 0 atom stereocenters. The maximum atomic E-state index is 11.6. The van der Waals surface area contributed by atoms with Gasteiger partial charge >= 0.3 is 0 Å². The fraction of sp³-hybridized carbons (Fsp3) is 0.429. The van der Waals surface area contributed by atoms with Crippen molar-refractivity contribution in [1.29, 1.82) is 0 Å². The normalized spacial score (nSPS) is 11.3. The molecule has 0 aliphatic carbocycles. The number of likely N-dealkylation sites (N-methyl/N-ethyl adjacent to an activating group) is 1. The van der Waals surface area contributed by atoms with Crippen molar-refractivity contribution in [1.82, 2.24) is 10.2 Å². The Balaban J connectivity index is 2.67. The maximum Gasteiger partial charge on any atom is 0.236 e. The van der Waals surface area contributed by atoms with Crippen molar-refractivity contribution in [3.05, 3.63) is 29.3 Å². The number of ether oxygens (including phenoxy) is 1. The van der Waals surface area contributed by atoms with E-state index < -0.39 is 0 Å². The molecule has 0 aliphatic rings. The third-order valence-electron chi connectivity index (χ3n) is 3.16. The SMILES string of the molecule is CCN(C)C(=O)CNCc1ccc(/C(N)=N/O)c(OC)c1. The van der Waals surface area contributed by atoms with Crippen LogP contribution in [0.2, 0.25) is 0 Å². The van der Waals surface area contributed by atoms with E-state index in [2.05, 4.69) is 10.5 Å². The van der Waals surface area contributed by atoms with E-state index in [-0.39, 0.29) is 18.3 Å². The molecule has 0 spiro atoms. The average molecular weight is 294 g/mol. The van der Waals surface area contributed by atoms with Crippen molar-refractivity contribution in [2.75, 3.05) is 27.2 Å². The summed E-state index contributed by atoms with van der Waals surface area (Å²) in [5.74, 6) is 0.547. The smallest absolute Gasteiger partial charge is 0.236 e. The number of rotatable bonds is 7. The lowest BCUT2D eigenvalue weighted by atomic mass is 10.1. The van der Waals surface area contributed by atoms with Gasteiger partial charge in [-0.25, -0.2) is 0 Å². The van der Waals surface area contributed by atoms with Gasteiger partial charge < -0.3 is 25.9 Å². The number of oxime groups is 1. The first-order valence-electron chi connectivity index (χ1n) is 6.63. The number of amidine groups is 1. The van der Waals surface area contributed by atoms with E-state index in [0.717, 1.165) is 5.56 Å². The van der Waals surface area contributed by atoms with Gasteiger partial charge in [-0.1, -0.05) is 11.2 Å². The van der Waals surface area contributed by atoms with Crippen molar-refractivity contribution in [3.8, 4) is 5.75 Å². The number of nitrogens with zero attached hydrogens (tertiary/aromatic N) is 2. The topological polar surface area (TPSA) is 100 Å². The van der Waals surface area contributed by atoms with E-state index in [4.69, 9.17) is 15.7 Å². The molecule has 0 aliphatic heterocycles. The molecule has 0 unspecified atom stereocenters. The van der Waals surface area contributed by atoms with Crippen molar-refractivity contribution in [2.45, 2.75) is 13.5 Å². The van der Waals surface area contributed by atoms with Crippen LogP contribution in [0.25, 0.3) is 0 Å². The monoisotopic (exact) mass is 294 g/mol. The molecule has 0 radical (unpaired) electrons. The molecule has 0 bridgehead atoms. The van der Waals surface area contributed by atoms with Crippen LogP contribution in [0.1, 0.15) is 18.1 Å². The van der Waals surface area contributed by atoms with Crippen LogP contribution in [0.15, 0.2) is 23.4 Å². The number of hydrogen-bond acceptors (Lipinski definition) is 5. The number of carbonyl (C=O) groups is 1. The van der Waals surface area contributed by atoms with Crippen LogP contribution >= 0.6 is 0 Å². The zero-order valence-corrected chi connectivity index (χ0v) is 12.6. The molecule has 0 saturated carbocycles. The molecule has 1 rings (SSSR count). The standard InChI is InChI=1S/C14H22N4O3/c1-4-18(2)13(19)9-16-8-10-5-6-11(14(15)17-20)12(7-10)21-3/h5-7,16,20H,4,8-9H2,1-3H3,(H2,15,17). The molecule has 1 aromatic carbocycles. The molecule has 7 heteroatoms. The lowest BCUT2D eigenvalue weighted by Gasteiger charge is -2.15. The van der Waals surface area contributed by atoms with Gasteiger partial charge in [0.05, 0.1) is 19.2 Å². The Hall–Kier alpha value is -2.28. The number of benzene rings is 1. The van der Waals surface area contributed by atoms with Crippen LogP contribution in [0.5, 0.6) is 5.75 Å². The summed E-state index contributed by atoms with van der Waals surface area (Å²) in [7, 11) is 3.28. The molecular formula is C14H22N4O3. The van der Waals surface area contributed by atoms with Crippen LogP contribution in [-0.4, -0.2) is 49.1 Å². The highest BCUT2D eigenvalue weighted by Crippen LogP contribution is 2.19. The second kappa shape index (κ2) is 8.11. The number of nitrogens with one attached hydrogen (secondary N) is 1. The van der Waals surface area contributed by atoms with Gasteiger partial charge in [0.2, 0.25) is 5.91 Å².